The van der Waals surface area contributed by atoms with Crippen molar-refractivity contribution in [2.45, 2.75) is 19.4 Å². The third-order valence-electron chi connectivity index (χ3n) is 2.75. The summed E-state index contributed by atoms with van der Waals surface area (Å²) >= 11 is 0. The van der Waals surface area contributed by atoms with Crippen molar-refractivity contribution in [1.29, 1.82) is 0 Å². The largest absolute Gasteiger partial charge is 0.493 e. The molecule has 0 fully saturated rings. The van der Waals surface area contributed by atoms with Gasteiger partial charge >= 0.3 is 0 Å². The van der Waals surface area contributed by atoms with Crippen LogP contribution in [0.3, 0.4) is 0 Å². The minimum absolute atomic E-state index is 0.711. The van der Waals surface area contributed by atoms with Crippen molar-refractivity contribution in [3.05, 3.63) is 30.0 Å². The number of unbranched alkanes of at least 4 members (excludes halogenated alkanes) is 1. The number of rotatable bonds is 6. The fourth-order valence-corrected chi connectivity index (χ4v) is 1.86. The summed E-state index contributed by atoms with van der Waals surface area (Å²) in [7, 11) is 1.65. The van der Waals surface area contributed by atoms with Crippen LogP contribution in [0.4, 0.5) is 0 Å². The van der Waals surface area contributed by atoms with E-state index in [1.807, 2.05) is 24.3 Å². The number of hydrogen-bond donors (Lipinski definition) is 1. The molecule has 2 rings (SSSR count). The number of hydrogen-bond acceptors (Lipinski definition) is 3. The Morgan fingerprint density at radius 3 is 3.11 bits per heavy atom. The Kier molecular flexibility index (Phi) is 4.27. The molecular formula is C15H17NO2. The van der Waals surface area contributed by atoms with E-state index in [2.05, 4.69) is 11.2 Å². The zero-order valence-corrected chi connectivity index (χ0v) is 10.5. The van der Waals surface area contributed by atoms with E-state index in [0.29, 0.717) is 6.54 Å². The Morgan fingerprint density at radius 1 is 1.44 bits per heavy atom. The molecule has 0 unspecified atom stereocenters. The first-order valence-corrected chi connectivity index (χ1v) is 6.04. The molecule has 0 spiro atoms. The topological polar surface area (TPSA) is 34.4 Å². The van der Waals surface area contributed by atoms with Crippen molar-refractivity contribution in [3.8, 4) is 18.1 Å². The highest BCUT2D eigenvalue weighted by atomic mass is 16.5. The molecule has 0 aliphatic heterocycles. The maximum atomic E-state index is 5.77. The minimum Gasteiger partial charge on any atom is -0.493 e. The van der Waals surface area contributed by atoms with E-state index in [1.54, 1.807) is 7.11 Å². The molecular weight excluding hydrogens is 226 g/mol. The van der Waals surface area contributed by atoms with Gasteiger partial charge in [-0.15, -0.1) is 12.3 Å². The molecule has 0 atom stereocenters. The van der Waals surface area contributed by atoms with Gasteiger partial charge in [0.05, 0.1) is 13.7 Å². The fourth-order valence-electron chi connectivity index (χ4n) is 1.86. The number of fused-ring (bicyclic) bond motifs is 1. The lowest BCUT2D eigenvalue weighted by Gasteiger charge is -2.00. The lowest BCUT2D eigenvalue weighted by Crippen LogP contribution is -2.13. The second-order valence-corrected chi connectivity index (χ2v) is 4.08. The highest BCUT2D eigenvalue weighted by molar-refractivity contribution is 5.83. The van der Waals surface area contributed by atoms with Gasteiger partial charge in [-0.3, -0.25) is 0 Å². The zero-order chi connectivity index (χ0) is 12.8. The van der Waals surface area contributed by atoms with Crippen LogP contribution in [-0.2, 0) is 6.54 Å². The highest BCUT2D eigenvalue weighted by Crippen LogP contribution is 2.28. The molecule has 1 heterocycles. The van der Waals surface area contributed by atoms with Crippen LogP contribution in [0, 0.1) is 12.3 Å². The number of benzene rings is 1. The van der Waals surface area contributed by atoms with Gasteiger partial charge in [0.15, 0.2) is 11.3 Å². The third kappa shape index (κ3) is 2.85. The molecule has 3 nitrogen and oxygen atoms in total. The van der Waals surface area contributed by atoms with Gasteiger partial charge in [-0.2, -0.15) is 0 Å². The molecule has 2 aromatic rings. The van der Waals surface area contributed by atoms with Gasteiger partial charge < -0.3 is 14.5 Å². The lowest BCUT2D eigenvalue weighted by atomic mass is 10.2. The summed E-state index contributed by atoms with van der Waals surface area (Å²) < 4.78 is 11.0. The van der Waals surface area contributed by atoms with Gasteiger partial charge in [-0.1, -0.05) is 12.1 Å². The molecule has 0 saturated carbocycles. The Hall–Kier alpha value is -1.92. The first kappa shape index (κ1) is 12.5. The predicted octanol–water partition coefficient (Wildman–Crippen LogP) is 2.94. The average Bonchev–Trinajstić information content (AvgIpc) is 2.81. The van der Waals surface area contributed by atoms with Crippen LogP contribution >= 0.6 is 0 Å². The van der Waals surface area contributed by atoms with E-state index in [4.69, 9.17) is 15.6 Å². The SMILES string of the molecule is C#CCCCNCc1cc2cccc(OC)c2o1. The van der Waals surface area contributed by atoms with Gasteiger partial charge in [0.2, 0.25) is 0 Å². The minimum atomic E-state index is 0.711. The maximum absolute atomic E-state index is 5.77. The predicted molar refractivity (Wildman–Crippen MR) is 72.5 cm³/mol. The van der Waals surface area contributed by atoms with Gasteiger partial charge in [0.1, 0.15) is 5.76 Å². The number of para-hydroxylation sites is 1. The molecule has 0 amide bonds. The standard InChI is InChI=1S/C15H17NO2/c1-3-4-5-9-16-11-13-10-12-7-6-8-14(17-2)15(12)18-13/h1,6-8,10,16H,4-5,9,11H2,2H3. The van der Waals surface area contributed by atoms with Crippen molar-refractivity contribution in [2.24, 2.45) is 0 Å². The van der Waals surface area contributed by atoms with Crippen molar-refractivity contribution >= 4 is 11.0 Å². The van der Waals surface area contributed by atoms with Crippen LogP contribution in [-0.4, -0.2) is 13.7 Å². The van der Waals surface area contributed by atoms with Crippen LogP contribution in [0.5, 0.6) is 5.75 Å². The molecule has 0 aliphatic carbocycles. The summed E-state index contributed by atoms with van der Waals surface area (Å²) in [5.41, 5.74) is 0.806. The molecule has 18 heavy (non-hydrogen) atoms. The Labute approximate surface area is 107 Å². The normalized spacial score (nSPS) is 10.4. The molecule has 94 valence electrons. The van der Waals surface area contributed by atoms with Crippen LogP contribution < -0.4 is 10.1 Å². The summed E-state index contributed by atoms with van der Waals surface area (Å²) in [5.74, 6) is 4.30. The van der Waals surface area contributed by atoms with Crippen LogP contribution in [0.15, 0.2) is 28.7 Å². The summed E-state index contributed by atoms with van der Waals surface area (Å²) in [6.45, 7) is 1.61. The summed E-state index contributed by atoms with van der Waals surface area (Å²) in [4.78, 5) is 0. The molecule has 1 aromatic heterocycles. The Bertz CT molecular complexity index is 551. The molecule has 0 saturated heterocycles. The van der Waals surface area contributed by atoms with Crippen molar-refractivity contribution in [3.63, 3.8) is 0 Å². The Balaban J connectivity index is 2.00. The van der Waals surface area contributed by atoms with E-state index >= 15 is 0 Å². The maximum Gasteiger partial charge on any atom is 0.176 e. The molecule has 1 N–H and O–H groups in total. The quantitative estimate of drug-likeness (QED) is 0.625. The van der Waals surface area contributed by atoms with Gasteiger partial charge in [0, 0.05) is 11.8 Å². The lowest BCUT2D eigenvalue weighted by molar-refractivity contribution is 0.406. The second kappa shape index (κ2) is 6.13. The van der Waals surface area contributed by atoms with Gasteiger partial charge in [-0.25, -0.2) is 0 Å². The van der Waals surface area contributed by atoms with Crippen LogP contribution in [0.25, 0.3) is 11.0 Å². The second-order valence-electron chi connectivity index (χ2n) is 4.08. The van der Waals surface area contributed by atoms with E-state index in [9.17, 15) is 0 Å². The van der Waals surface area contributed by atoms with E-state index in [0.717, 1.165) is 41.9 Å². The van der Waals surface area contributed by atoms with E-state index < -0.39 is 0 Å². The average molecular weight is 243 g/mol. The van der Waals surface area contributed by atoms with Gasteiger partial charge in [-0.05, 0) is 25.1 Å². The first-order chi connectivity index (χ1) is 8.85. The first-order valence-electron chi connectivity index (χ1n) is 6.04. The fraction of sp³-hybridized carbons (Fsp3) is 0.333. The smallest absolute Gasteiger partial charge is 0.176 e. The number of ether oxygens (including phenoxy) is 1. The summed E-state index contributed by atoms with van der Waals surface area (Å²) in [6, 6.07) is 7.91. The molecule has 3 heteroatoms. The van der Waals surface area contributed by atoms with Crippen LogP contribution in [0.2, 0.25) is 0 Å². The van der Waals surface area contributed by atoms with Crippen molar-refractivity contribution < 1.29 is 9.15 Å². The van der Waals surface area contributed by atoms with E-state index in [1.165, 1.54) is 0 Å². The highest BCUT2D eigenvalue weighted by Gasteiger charge is 2.07. The molecule has 0 aliphatic rings. The summed E-state index contributed by atoms with van der Waals surface area (Å²) in [6.07, 6.45) is 6.99. The van der Waals surface area contributed by atoms with Crippen molar-refractivity contribution in [1.82, 2.24) is 5.32 Å². The van der Waals surface area contributed by atoms with Crippen molar-refractivity contribution in [2.75, 3.05) is 13.7 Å². The molecule has 0 radical (unpaired) electrons. The van der Waals surface area contributed by atoms with Crippen LogP contribution in [0.1, 0.15) is 18.6 Å². The molecule has 1 aromatic carbocycles. The monoisotopic (exact) mass is 243 g/mol. The number of furan rings is 1. The number of nitrogens with one attached hydrogen (secondary N) is 1. The Morgan fingerprint density at radius 2 is 2.33 bits per heavy atom. The number of terminal acetylenes is 1. The van der Waals surface area contributed by atoms with E-state index in [-0.39, 0.29) is 0 Å². The summed E-state index contributed by atoms with van der Waals surface area (Å²) in [5, 5.41) is 4.37. The molecule has 0 bridgehead atoms. The van der Waals surface area contributed by atoms with Gasteiger partial charge in [0.25, 0.3) is 0 Å². The zero-order valence-electron chi connectivity index (χ0n) is 10.5. The third-order valence-corrected chi connectivity index (χ3v) is 2.75. The number of methoxy groups -OCH3 is 1.